The summed E-state index contributed by atoms with van der Waals surface area (Å²) in [6.07, 6.45) is 4.03. The fraction of sp³-hybridized carbons (Fsp3) is 0.158. The van der Waals surface area contributed by atoms with Gasteiger partial charge in [0, 0.05) is 29.2 Å². The van der Waals surface area contributed by atoms with Crippen molar-refractivity contribution in [2.75, 3.05) is 5.32 Å². The largest absolute Gasteiger partial charge is 0.328 e. The summed E-state index contributed by atoms with van der Waals surface area (Å²) in [5, 5.41) is 3.72. The first kappa shape index (κ1) is 16.2. The van der Waals surface area contributed by atoms with Crippen LogP contribution in [-0.2, 0) is 13.0 Å². The molecule has 2 heterocycles. The molecule has 1 aliphatic rings. The van der Waals surface area contributed by atoms with Crippen molar-refractivity contribution in [1.29, 1.82) is 0 Å². The van der Waals surface area contributed by atoms with Gasteiger partial charge in [-0.3, -0.25) is 4.79 Å². The van der Waals surface area contributed by atoms with Crippen LogP contribution in [0.2, 0.25) is 10.0 Å². The number of nitrogens with zero attached hydrogens (tertiary/aromatic N) is 2. The van der Waals surface area contributed by atoms with E-state index in [0.717, 1.165) is 36.5 Å². The first-order valence-corrected chi connectivity index (χ1v) is 8.78. The Morgan fingerprint density at radius 3 is 2.92 bits per heavy atom. The van der Waals surface area contributed by atoms with Crippen LogP contribution >= 0.6 is 23.2 Å². The second-order valence-corrected chi connectivity index (χ2v) is 6.82. The highest BCUT2D eigenvalue weighted by Gasteiger charge is 2.17. The molecule has 0 unspecified atom stereocenters. The van der Waals surface area contributed by atoms with Gasteiger partial charge in [0.2, 0.25) is 0 Å². The van der Waals surface area contributed by atoms with Crippen molar-refractivity contribution in [3.8, 4) is 11.3 Å². The van der Waals surface area contributed by atoms with Crippen LogP contribution < -0.4 is 5.32 Å². The van der Waals surface area contributed by atoms with E-state index in [0.29, 0.717) is 21.3 Å². The van der Waals surface area contributed by atoms with Gasteiger partial charge in [0.05, 0.1) is 22.5 Å². The molecule has 126 valence electrons. The van der Waals surface area contributed by atoms with Gasteiger partial charge in [0.15, 0.2) is 0 Å². The molecule has 25 heavy (non-hydrogen) atoms. The molecule has 0 saturated carbocycles. The van der Waals surface area contributed by atoms with Crippen molar-refractivity contribution in [2.24, 2.45) is 0 Å². The van der Waals surface area contributed by atoms with Crippen molar-refractivity contribution >= 4 is 34.8 Å². The Kier molecular flexibility index (Phi) is 4.24. The lowest BCUT2D eigenvalue weighted by atomic mass is 10.1. The van der Waals surface area contributed by atoms with Gasteiger partial charge in [0.25, 0.3) is 5.91 Å². The number of anilines is 1. The number of fused-ring (bicyclic) bond motifs is 1. The lowest BCUT2D eigenvalue weighted by molar-refractivity contribution is 0.102. The maximum Gasteiger partial charge on any atom is 0.257 e. The number of imidazole rings is 1. The third-order valence-electron chi connectivity index (χ3n) is 4.31. The highest BCUT2D eigenvalue weighted by atomic mass is 35.5. The third-order valence-corrected chi connectivity index (χ3v) is 4.87. The second kappa shape index (κ2) is 6.54. The van der Waals surface area contributed by atoms with Crippen LogP contribution in [0.5, 0.6) is 0 Å². The Bertz CT molecular complexity index is 965. The van der Waals surface area contributed by atoms with Crippen LogP contribution in [0.1, 0.15) is 22.6 Å². The number of aryl methyl sites for hydroxylation is 1. The number of benzene rings is 2. The molecule has 0 radical (unpaired) electrons. The zero-order chi connectivity index (χ0) is 17.4. The number of carbonyl (C=O) groups is 1. The van der Waals surface area contributed by atoms with E-state index >= 15 is 0 Å². The van der Waals surface area contributed by atoms with E-state index in [-0.39, 0.29) is 5.91 Å². The average molecular weight is 372 g/mol. The normalized spacial score (nSPS) is 12.9. The molecule has 1 amide bonds. The molecule has 0 aliphatic carbocycles. The van der Waals surface area contributed by atoms with E-state index in [9.17, 15) is 4.79 Å². The average Bonchev–Trinajstić information content (AvgIpc) is 3.20. The maximum absolute atomic E-state index is 12.5. The van der Waals surface area contributed by atoms with Gasteiger partial charge in [-0.1, -0.05) is 35.3 Å². The summed E-state index contributed by atoms with van der Waals surface area (Å²) in [5.41, 5.74) is 3.15. The third kappa shape index (κ3) is 3.15. The van der Waals surface area contributed by atoms with E-state index in [1.54, 1.807) is 18.2 Å². The number of hydrogen-bond donors (Lipinski definition) is 1. The molecule has 4 nitrogen and oxygen atoms in total. The lowest BCUT2D eigenvalue weighted by Crippen LogP contribution is -2.12. The van der Waals surface area contributed by atoms with Crippen LogP contribution in [0.3, 0.4) is 0 Å². The van der Waals surface area contributed by atoms with Crippen molar-refractivity contribution in [3.05, 3.63) is 70.1 Å². The lowest BCUT2D eigenvalue weighted by Gasteiger charge is -2.10. The molecule has 0 spiro atoms. The number of nitrogens with one attached hydrogen (secondary N) is 1. The summed E-state index contributed by atoms with van der Waals surface area (Å²) >= 11 is 12.1. The fourth-order valence-corrected chi connectivity index (χ4v) is 3.49. The zero-order valence-electron chi connectivity index (χ0n) is 13.3. The van der Waals surface area contributed by atoms with E-state index in [2.05, 4.69) is 14.9 Å². The summed E-state index contributed by atoms with van der Waals surface area (Å²) in [4.78, 5) is 17.0. The molecule has 1 aliphatic heterocycles. The smallest absolute Gasteiger partial charge is 0.257 e. The van der Waals surface area contributed by atoms with Crippen LogP contribution in [0.4, 0.5) is 5.69 Å². The minimum absolute atomic E-state index is 0.289. The predicted octanol–water partition coefficient (Wildman–Crippen LogP) is 5.06. The molecular weight excluding hydrogens is 357 g/mol. The number of carbonyl (C=O) groups excluding carboxylic acids is 1. The highest BCUT2D eigenvalue weighted by Crippen LogP contribution is 2.28. The van der Waals surface area contributed by atoms with E-state index in [1.165, 1.54) is 0 Å². The molecule has 1 aromatic heterocycles. The number of hydrogen-bond acceptors (Lipinski definition) is 2. The molecule has 6 heteroatoms. The Balaban J connectivity index is 1.61. The first-order chi connectivity index (χ1) is 12.1. The molecule has 4 rings (SSSR count). The van der Waals surface area contributed by atoms with Crippen LogP contribution in [0, 0.1) is 0 Å². The molecule has 3 aromatic rings. The molecular formula is C19H15Cl2N3O. The maximum atomic E-state index is 12.5. The summed E-state index contributed by atoms with van der Waals surface area (Å²) in [6.45, 7) is 0.985. The SMILES string of the molecule is O=C(Nc1cccc(-c2cnc3n2CCC3)c1)c1cc(Cl)ccc1Cl. The van der Waals surface area contributed by atoms with Gasteiger partial charge in [0.1, 0.15) is 5.82 Å². The summed E-state index contributed by atoms with van der Waals surface area (Å²) in [5.74, 6) is 0.832. The predicted molar refractivity (Wildman–Crippen MR) is 100 cm³/mol. The fourth-order valence-electron chi connectivity index (χ4n) is 3.11. The minimum atomic E-state index is -0.289. The standard InChI is InChI=1S/C19H15Cl2N3O/c20-13-6-7-16(21)15(10-13)19(25)23-14-4-1-3-12(9-14)17-11-22-18-5-2-8-24(17)18/h1,3-4,6-7,9-11H,2,5,8H2,(H,23,25). The van der Waals surface area contributed by atoms with Gasteiger partial charge in [-0.2, -0.15) is 0 Å². The van der Waals surface area contributed by atoms with Crippen molar-refractivity contribution < 1.29 is 4.79 Å². The topological polar surface area (TPSA) is 46.9 Å². The van der Waals surface area contributed by atoms with E-state index in [4.69, 9.17) is 23.2 Å². The first-order valence-electron chi connectivity index (χ1n) is 8.03. The highest BCUT2D eigenvalue weighted by molar-refractivity contribution is 6.36. The summed E-state index contributed by atoms with van der Waals surface area (Å²) < 4.78 is 2.23. The number of halogens is 2. The van der Waals surface area contributed by atoms with Crippen LogP contribution in [0.25, 0.3) is 11.3 Å². The molecule has 0 bridgehead atoms. The Hall–Kier alpha value is -2.30. The molecule has 0 fully saturated rings. The van der Waals surface area contributed by atoms with Crippen LogP contribution in [-0.4, -0.2) is 15.5 Å². The second-order valence-electron chi connectivity index (χ2n) is 5.97. The van der Waals surface area contributed by atoms with E-state index < -0.39 is 0 Å². The van der Waals surface area contributed by atoms with Crippen molar-refractivity contribution in [2.45, 2.75) is 19.4 Å². The molecule has 1 N–H and O–H groups in total. The summed E-state index contributed by atoms with van der Waals surface area (Å²) in [7, 11) is 0. The van der Waals surface area contributed by atoms with Gasteiger partial charge in [-0.15, -0.1) is 0 Å². The molecule has 2 aromatic carbocycles. The quantitative estimate of drug-likeness (QED) is 0.699. The van der Waals surface area contributed by atoms with Crippen molar-refractivity contribution in [3.63, 3.8) is 0 Å². The number of aromatic nitrogens is 2. The van der Waals surface area contributed by atoms with Crippen LogP contribution in [0.15, 0.2) is 48.7 Å². The van der Waals surface area contributed by atoms with Gasteiger partial charge >= 0.3 is 0 Å². The Labute approximate surface area is 155 Å². The monoisotopic (exact) mass is 371 g/mol. The minimum Gasteiger partial charge on any atom is -0.328 e. The van der Waals surface area contributed by atoms with E-state index in [1.807, 2.05) is 30.5 Å². The zero-order valence-corrected chi connectivity index (χ0v) is 14.8. The summed E-state index contributed by atoms with van der Waals surface area (Å²) in [6, 6.07) is 12.6. The van der Waals surface area contributed by atoms with Gasteiger partial charge < -0.3 is 9.88 Å². The van der Waals surface area contributed by atoms with Gasteiger partial charge in [-0.25, -0.2) is 4.98 Å². The molecule has 0 saturated heterocycles. The Morgan fingerprint density at radius 2 is 2.04 bits per heavy atom. The van der Waals surface area contributed by atoms with Crippen molar-refractivity contribution in [1.82, 2.24) is 9.55 Å². The Morgan fingerprint density at radius 1 is 1.16 bits per heavy atom. The number of rotatable bonds is 3. The van der Waals surface area contributed by atoms with Gasteiger partial charge in [-0.05, 0) is 36.8 Å². The number of amides is 1. The molecule has 0 atom stereocenters.